The van der Waals surface area contributed by atoms with Gasteiger partial charge in [0.2, 0.25) is 0 Å². The average molecular weight is 281 g/mol. The van der Waals surface area contributed by atoms with Crippen LogP contribution in [0.25, 0.3) is 22.4 Å². The Morgan fingerprint density at radius 2 is 2.00 bits per heavy atom. The number of anilines is 1. The van der Waals surface area contributed by atoms with Crippen molar-refractivity contribution in [1.82, 2.24) is 9.55 Å². The molecule has 0 spiro atoms. The summed E-state index contributed by atoms with van der Waals surface area (Å²) in [6, 6.07) is 11.3. The van der Waals surface area contributed by atoms with E-state index in [-0.39, 0.29) is 5.82 Å². The summed E-state index contributed by atoms with van der Waals surface area (Å²) in [4.78, 5) is 4.64. The van der Waals surface area contributed by atoms with Gasteiger partial charge in [0, 0.05) is 23.4 Å². The minimum absolute atomic E-state index is 0.252. The topological polar surface area (TPSA) is 43.8 Å². The standard InChI is InChI=1S/C17H16FN3/c1-10-2-3-11(8-14(10)19)17-20-15-9-12(18)4-7-16(15)21(17)13-5-6-13/h2-4,7-9,13H,5-6,19H2,1H3. The Balaban J connectivity index is 1.98. The molecule has 3 nitrogen and oxygen atoms in total. The van der Waals surface area contributed by atoms with Crippen molar-refractivity contribution in [2.75, 3.05) is 5.73 Å². The van der Waals surface area contributed by atoms with Gasteiger partial charge in [0.15, 0.2) is 0 Å². The molecule has 0 amide bonds. The number of hydrogen-bond acceptors (Lipinski definition) is 2. The van der Waals surface area contributed by atoms with Gasteiger partial charge in [0.1, 0.15) is 11.6 Å². The van der Waals surface area contributed by atoms with Crippen LogP contribution in [0.15, 0.2) is 36.4 Å². The number of nitrogens with zero attached hydrogens (tertiary/aromatic N) is 2. The molecule has 1 aliphatic carbocycles. The Morgan fingerprint density at radius 3 is 2.71 bits per heavy atom. The van der Waals surface area contributed by atoms with E-state index < -0.39 is 0 Å². The number of aryl methyl sites for hydroxylation is 1. The Bertz CT molecular complexity index is 847. The highest BCUT2D eigenvalue weighted by molar-refractivity contribution is 5.81. The Morgan fingerprint density at radius 1 is 1.19 bits per heavy atom. The van der Waals surface area contributed by atoms with Crippen LogP contribution in [0, 0.1) is 12.7 Å². The predicted molar refractivity (Wildman–Crippen MR) is 82.5 cm³/mol. The molecule has 4 heteroatoms. The molecular weight excluding hydrogens is 265 g/mol. The maximum atomic E-state index is 13.4. The van der Waals surface area contributed by atoms with Crippen LogP contribution in [0.3, 0.4) is 0 Å². The number of nitrogens with two attached hydrogens (primary N) is 1. The van der Waals surface area contributed by atoms with Gasteiger partial charge in [-0.2, -0.15) is 0 Å². The zero-order valence-corrected chi connectivity index (χ0v) is 11.8. The zero-order chi connectivity index (χ0) is 14.6. The zero-order valence-electron chi connectivity index (χ0n) is 11.8. The second-order valence-corrected chi connectivity index (χ2v) is 5.74. The highest BCUT2D eigenvalue weighted by Crippen LogP contribution is 2.41. The summed E-state index contributed by atoms with van der Waals surface area (Å²) in [6.07, 6.45) is 2.30. The third kappa shape index (κ3) is 1.98. The van der Waals surface area contributed by atoms with E-state index in [1.54, 1.807) is 0 Å². The number of benzene rings is 2. The van der Waals surface area contributed by atoms with Gasteiger partial charge < -0.3 is 10.3 Å². The van der Waals surface area contributed by atoms with Crippen molar-refractivity contribution in [2.24, 2.45) is 0 Å². The average Bonchev–Trinajstić information content (AvgIpc) is 3.22. The first-order chi connectivity index (χ1) is 10.1. The number of nitrogen functional groups attached to an aromatic ring is 1. The molecule has 0 saturated heterocycles. The fourth-order valence-electron chi connectivity index (χ4n) is 2.76. The Hall–Kier alpha value is -2.36. The molecule has 4 rings (SSSR count). The lowest BCUT2D eigenvalue weighted by molar-refractivity contribution is 0.629. The van der Waals surface area contributed by atoms with Crippen LogP contribution in [-0.2, 0) is 0 Å². The van der Waals surface area contributed by atoms with Gasteiger partial charge in [0.05, 0.1) is 11.0 Å². The van der Waals surface area contributed by atoms with Crippen LogP contribution in [0.5, 0.6) is 0 Å². The molecular formula is C17H16FN3. The second-order valence-electron chi connectivity index (χ2n) is 5.74. The normalized spacial score (nSPS) is 14.8. The molecule has 0 bridgehead atoms. The summed E-state index contributed by atoms with van der Waals surface area (Å²) in [5, 5.41) is 0. The lowest BCUT2D eigenvalue weighted by Crippen LogP contribution is -1.98. The van der Waals surface area contributed by atoms with E-state index in [1.165, 1.54) is 12.1 Å². The first kappa shape index (κ1) is 12.4. The number of halogens is 1. The molecule has 2 aromatic carbocycles. The molecule has 1 fully saturated rings. The monoisotopic (exact) mass is 281 g/mol. The smallest absolute Gasteiger partial charge is 0.141 e. The SMILES string of the molecule is Cc1ccc(-c2nc3cc(F)ccc3n2C2CC2)cc1N. The van der Waals surface area contributed by atoms with E-state index in [0.717, 1.165) is 41.0 Å². The van der Waals surface area contributed by atoms with Crippen LogP contribution in [0.2, 0.25) is 0 Å². The number of hydrogen-bond donors (Lipinski definition) is 1. The van der Waals surface area contributed by atoms with Gasteiger partial charge in [0.25, 0.3) is 0 Å². The van der Waals surface area contributed by atoms with E-state index >= 15 is 0 Å². The van der Waals surface area contributed by atoms with E-state index in [9.17, 15) is 4.39 Å². The van der Waals surface area contributed by atoms with Gasteiger partial charge >= 0.3 is 0 Å². The number of imidazole rings is 1. The summed E-state index contributed by atoms with van der Waals surface area (Å²) in [5.41, 5.74) is 10.5. The van der Waals surface area contributed by atoms with E-state index in [2.05, 4.69) is 9.55 Å². The van der Waals surface area contributed by atoms with Gasteiger partial charge in [-0.25, -0.2) is 9.37 Å². The van der Waals surface area contributed by atoms with Crippen molar-refractivity contribution >= 4 is 16.7 Å². The van der Waals surface area contributed by atoms with Crippen molar-refractivity contribution < 1.29 is 4.39 Å². The quantitative estimate of drug-likeness (QED) is 0.720. The molecule has 1 aliphatic rings. The lowest BCUT2D eigenvalue weighted by atomic mass is 10.1. The van der Waals surface area contributed by atoms with Crippen molar-refractivity contribution in [1.29, 1.82) is 0 Å². The van der Waals surface area contributed by atoms with E-state index in [1.807, 2.05) is 31.2 Å². The second kappa shape index (κ2) is 4.32. The minimum atomic E-state index is -0.252. The van der Waals surface area contributed by atoms with Gasteiger partial charge in [-0.05, 0) is 43.5 Å². The largest absolute Gasteiger partial charge is 0.398 e. The lowest BCUT2D eigenvalue weighted by Gasteiger charge is -2.09. The summed E-state index contributed by atoms with van der Waals surface area (Å²) >= 11 is 0. The Kier molecular flexibility index (Phi) is 2.55. The fraction of sp³-hybridized carbons (Fsp3) is 0.235. The van der Waals surface area contributed by atoms with Crippen LogP contribution >= 0.6 is 0 Å². The van der Waals surface area contributed by atoms with Crippen molar-refractivity contribution in [3.8, 4) is 11.4 Å². The van der Waals surface area contributed by atoms with Gasteiger partial charge in [-0.1, -0.05) is 12.1 Å². The fourth-order valence-corrected chi connectivity index (χ4v) is 2.76. The molecule has 0 unspecified atom stereocenters. The van der Waals surface area contributed by atoms with Crippen LogP contribution < -0.4 is 5.73 Å². The molecule has 0 atom stereocenters. The van der Waals surface area contributed by atoms with Gasteiger partial charge in [-0.15, -0.1) is 0 Å². The molecule has 2 N–H and O–H groups in total. The molecule has 0 radical (unpaired) electrons. The number of aromatic nitrogens is 2. The van der Waals surface area contributed by atoms with E-state index in [0.29, 0.717) is 11.6 Å². The highest BCUT2D eigenvalue weighted by Gasteiger charge is 2.28. The predicted octanol–water partition coefficient (Wildman–Crippen LogP) is 4.07. The molecule has 1 aromatic heterocycles. The Labute approximate surface area is 122 Å². The van der Waals surface area contributed by atoms with Crippen LogP contribution in [0.4, 0.5) is 10.1 Å². The van der Waals surface area contributed by atoms with Crippen molar-refractivity contribution in [2.45, 2.75) is 25.8 Å². The summed E-state index contributed by atoms with van der Waals surface area (Å²) in [5.74, 6) is 0.628. The van der Waals surface area contributed by atoms with Crippen LogP contribution in [0.1, 0.15) is 24.4 Å². The maximum absolute atomic E-state index is 13.4. The third-order valence-corrected chi connectivity index (χ3v) is 4.10. The minimum Gasteiger partial charge on any atom is -0.398 e. The molecule has 0 aliphatic heterocycles. The molecule has 3 aromatic rings. The first-order valence-electron chi connectivity index (χ1n) is 7.17. The van der Waals surface area contributed by atoms with Crippen molar-refractivity contribution in [3.63, 3.8) is 0 Å². The third-order valence-electron chi connectivity index (χ3n) is 4.10. The van der Waals surface area contributed by atoms with Gasteiger partial charge in [-0.3, -0.25) is 0 Å². The van der Waals surface area contributed by atoms with Crippen molar-refractivity contribution in [3.05, 3.63) is 47.8 Å². The summed E-state index contributed by atoms with van der Waals surface area (Å²) in [7, 11) is 0. The summed E-state index contributed by atoms with van der Waals surface area (Å²) < 4.78 is 15.7. The highest BCUT2D eigenvalue weighted by atomic mass is 19.1. The molecule has 21 heavy (non-hydrogen) atoms. The van der Waals surface area contributed by atoms with E-state index in [4.69, 9.17) is 5.73 Å². The van der Waals surface area contributed by atoms with Crippen LogP contribution in [-0.4, -0.2) is 9.55 Å². The molecule has 1 heterocycles. The molecule has 1 saturated carbocycles. The number of fused-ring (bicyclic) bond motifs is 1. The molecule has 106 valence electrons. The maximum Gasteiger partial charge on any atom is 0.141 e. The summed E-state index contributed by atoms with van der Waals surface area (Å²) in [6.45, 7) is 1.98. The first-order valence-corrected chi connectivity index (χ1v) is 7.17. The number of rotatable bonds is 2.